The van der Waals surface area contributed by atoms with Gasteiger partial charge in [-0.15, -0.1) is 11.3 Å². The molecule has 1 atom stereocenters. The van der Waals surface area contributed by atoms with Crippen LogP contribution in [0.4, 0.5) is 5.69 Å². The largest absolute Gasteiger partial charge is 0.376 e. The molecule has 3 rings (SSSR count). The molecule has 0 saturated carbocycles. The predicted octanol–water partition coefficient (Wildman–Crippen LogP) is 3.32. The standard InChI is InChI=1S/C15H19N3OS2/c1-2-14-18-12-6-5-10(8-13(12)21-14)17-15(20)16-9-11-4-3-7-19-11/h5-6,8,11H,2-4,7,9H2,1H3,(H2,16,17,20)/t11-/m0/s1. The molecule has 1 fully saturated rings. The average molecular weight is 321 g/mol. The Morgan fingerprint density at radius 1 is 1.52 bits per heavy atom. The molecule has 4 nitrogen and oxygen atoms in total. The van der Waals surface area contributed by atoms with Crippen LogP contribution in [0, 0.1) is 0 Å². The zero-order valence-corrected chi connectivity index (χ0v) is 13.6. The van der Waals surface area contributed by atoms with Gasteiger partial charge in [0.05, 0.1) is 21.3 Å². The lowest BCUT2D eigenvalue weighted by atomic mass is 10.2. The molecule has 0 aliphatic carbocycles. The molecule has 0 amide bonds. The molecule has 1 aromatic heterocycles. The molecule has 0 bridgehead atoms. The molecule has 6 heteroatoms. The summed E-state index contributed by atoms with van der Waals surface area (Å²) in [5.74, 6) is 0. The third-order valence-corrected chi connectivity index (χ3v) is 4.92. The first-order chi connectivity index (χ1) is 10.2. The van der Waals surface area contributed by atoms with Crippen LogP contribution >= 0.6 is 23.6 Å². The highest BCUT2D eigenvalue weighted by Crippen LogP contribution is 2.25. The van der Waals surface area contributed by atoms with Gasteiger partial charge in [0, 0.05) is 18.8 Å². The number of rotatable bonds is 4. The smallest absolute Gasteiger partial charge is 0.170 e. The first kappa shape index (κ1) is 14.7. The summed E-state index contributed by atoms with van der Waals surface area (Å²) >= 11 is 7.07. The molecule has 0 spiro atoms. The highest BCUT2D eigenvalue weighted by Gasteiger charge is 2.15. The summed E-state index contributed by atoms with van der Waals surface area (Å²) < 4.78 is 6.76. The van der Waals surface area contributed by atoms with Crippen LogP contribution in [0.5, 0.6) is 0 Å². The van der Waals surface area contributed by atoms with Crippen LogP contribution in [0.1, 0.15) is 24.8 Å². The van der Waals surface area contributed by atoms with Gasteiger partial charge in [-0.25, -0.2) is 4.98 Å². The Hall–Kier alpha value is -1.24. The first-order valence-electron chi connectivity index (χ1n) is 7.30. The van der Waals surface area contributed by atoms with Crippen molar-refractivity contribution >= 4 is 44.6 Å². The summed E-state index contributed by atoms with van der Waals surface area (Å²) in [7, 11) is 0. The van der Waals surface area contributed by atoms with Crippen LogP contribution in [0.15, 0.2) is 18.2 Å². The van der Waals surface area contributed by atoms with Crippen LogP contribution < -0.4 is 10.6 Å². The Morgan fingerprint density at radius 2 is 2.43 bits per heavy atom. The number of nitrogens with one attached hydrogen (secondary N) is 2. The zero-order chi connectivity index (χ0) is 14.7. The second-order valence-electron chi connectivity index (χ2n) is 5.11. The molecule has 112 valence electrons. The number of aromatic nitrogens is 1. The molecule has 2 heterocycles. The molecule has 1 saturated heterocycles. The molecular weight excluding hydrogens is 302 g/mol. The summed E-state index contributed by atoms with van der Waals surface area (Å²) in [5.41, 5.74) is 2.05. The van der Waals surface area contributed by atoms with Crippen LogP contribution in [0.3, 0.4) is 0 Å². The molecular formula is C15H19N3OS2. The van der Waals surface area contributed by atoms with Gasteiger partial charge >= 0.3 is 0 Å². The van der Waals surface area contributed by atoms with E-state index in [1.165, 1.54) is 9.71 Å². The Morgan fingerprint density at radius 3 is 3.19 bits per heavy atom. The minimum atomic E-state index is 0.292. The Balaban J connectivity index is 1.59. The van der Waals surface area contributed by atoms with Crippen molar-refractivity contribution in [2.45, 2.75) is 32.3 Å². The molecule has 2 N–H and O–H groups in total. The second-order valence-corrected chi connectivity index (χ2v) is 6.64. The number of nitrogens with zero attached hydrogens (tertiary/aromatic N) is 1. The van der Waals surface area contributed by atoms with E-state index in [9.17, 15) is 0 Å². The number of thiazole rings is 1. The van der Waals surface area contributed by atoms with Crippen molar-refractivity contribution in [2.75, 3.05) is 18.5 Å². The topological polar surface area (TPSA) is 46.2 Å². The maximum atomic E-state index is 5.57. The molecule has 1 aliphatic heterocycles. The monoisotopic (exact) mass is 321 g/mol. The van der Waals surface area contributed by atoms with E-state index in [0.717, 1.165) is 43.6 Å². The van der Waals surface area contributed by atoms with Crippen molar-refractivity contribution in [1.29, 1.82) is 0 Å². The number of fused-ring (bicyclic) bond motifs is 1. The zero-order valence-electron chi connectivity index (χ0n) is 12.0. The maximum Gasteiger partial charge on any atom is 0.170 e. The highest BCUT2D eigenvalue weighted by molar-refractivity contribution is 7.80. The van der Waals surface area contributed by atoms with Crippen molar-refractivity contribution in [2.24, 2.45) is 0 Å². The Labute approximate surface area is 133 Å². The number of aryl methyl sites for hydroxylation is 1. The van der Waals surface area contributed by atoms with E-state index in [4.69, 9.17) is 17.0 Å². The van der Waals surface area contributed by atoms with Gasteiger partial charge in [0.1, 0.15) is 0 Å². The molecule has 2 aromatic rings. The van der Waals surface area contributed by atoms with E-state index in [-0.39, 0.29) is 0 Å². The van der Waals surface area contributed by atoms with Gasteiger partial charge in [0.15, 0.2) is 5.11 Å². The van der Waals surface area contributed by atoms with Gasteiger partial charge < -0.3 is 15.4 Å². The van der Waals surface area contributed by atoms with Crippen LogP contribution in [-0.2, 0) is 11.2 Å². The van der Waals surface area contributed by atoms with Gasteiger partial charge in [0.25, 0.3) is 0 Å². The van der Waals surface area contributed by atoms with Crippen molar-refractivity contribution in [1.82, 2.24) is 10.3 Å². The van der Waals surface area contributed by atoms with E-state index in [2.05, 4.69) is 28.6 Å². The lowest BCUT2D eigenvalue weighted by molar-refractivity contribution is 0.114. The van der Waals surface area contributed by atoms with E-state index in [1.807, 2.05) is 12.1 Å². The fraction of sp³-hybridized carbons (Fsp3) is 0.467. The van der Waals surface area contributed by atoms with Gasteiger partial charge in [-0.05, 0) is 49.7 Å². The molecule has 1 aromatic carbocycles. The third kappa shape index (κ3) is 3.70. The molecule has 0 unspecified atom stereocenters. The van der Waals surface area contributed by atoms with Gasteiger partial charge in [-0.3, -0.25) is 0 Å². The van der Waals surface area contributed by atoms with Gasteiger partial charge in [-0.1, -0.05) is 6.92 Å². The molecule has 1 aliphatic rings. The summed E-state index contributed by atoms with van der Waals surface area (Å²) in [4.78, 5) is 4.57. The van der Waals surface area contributed by atoms with Gasteiger partial charge in [-0.2, -0.15) is 0 Å². The van der Waals surface area contributed by atoms with Gasteiger partial charge in [0.2, 0.25) is 0 Å². The van der Waals surface area contributed by atoms with Crippen LogP contribution in [-0.4, -0.2) is 29.4 Å². The molecule has 0 radical (unpaired) electrons. The van der Waals surface area contributed by atoms with Crippen molar-refractivity contribution < 1.29 is 4.74 Å². The first-order valence-corrected chi connectivity index (χ1v) is 8.53. The Bertz CT molecular complexity index is 635. The number of hydrogen-bond donors (Lipinski definition) is 2. The van der Waals surface area contributed by atoms with E-state index < -0.39 is 0 Å². The minimum absolute atomic E-state index is 0.292. The predicted molar refractivity (Wildman–Crippen MR) is 92.2 cm³/mol. The number of benzene rings is 1. The lowest BCUT2D eigenvalue weighted by Crippen LogP contribution is -2.34. The normalized spacial score (nSPS) is 18.0. The number of hydrogen-bond acceptors (Lipinski definition) is 4. The number of ether oxygens (including phenoxy) is 1. The van der Waals surface area contributed by atoms with E-state index in [1.54, 1.807) is 11.3 Å². The van der Waals surface area contributed by atoms with E-state index >= 15 is 0 Å². The van der Waals surface area contributed by atoms with E-state index in [0.29, 0.717) is 11.2 Å². The quantitative estimate of drug-likeness (QED) is 0.846. The minimum Gasteiger partial charge on any atom is -0.376 e. The highest BCUT2D eigenvalue weighted by atomic mass is 32.1. The number of anilines is 1. The van der Waals surface area contributed by atoms with Crippen LogP contribution in [0.2, 0.25) is 0 Å². The lowest BCUT2D eigenvalue weighted by Gasteiger charge is -2.14. The number of thiocarbonyl (C=S) groups is 1. The Kier molecular flexibility index (Phi) is 4.67. The van der Waals surface area contributed by atoms with Crippen molar-refractivity contribution in [3.63, 3.8) is 0 Å². The maximum absolute atomic E-state index is 5.57. The summed E-state index contributed by atoms with van der Waals surface area (Å²) in [6, 6.07) is 6.16. The average Bonchev–Trinajstić information content (AvgIpc) is 3.13. The second kappa shape index (κ2) is 6.68. The SMILES string of the molecule is CCc1nc2ccc(NC(=S)NC[C@@H]3CCCO3)cc2s1. The summed E-state index contributed by atoms with van der Waals surface area (Å²) in [6.07, 6.45) is 3.53. The third-order valence-electron chi connectivity index (χ3n) is 3.51. The van der Waals surface area contributed by atoms with Crippen molar-refractivity contribution in [3.8, 4) is 0 Å². The molecule has 21 heavy (non-hydrogen) atoms. The fourth-order valence-electron chi connectivity index (χ4n) is 2.39. The fourth-order valence-corrected chi connectivity index (χ4v) is 3.54. The van der Waals surface area contributed by atoms with Crippen molar-refractivity contribution in [3.05, 3.63) is 23.2 Å². The summed E-state index contributed by atoms with van der Waals surface area (Å²) in [6.45, 7) is 3.77. The summed E-state index contributed by atoms with van der Waals surface area (Å²) in [5, 5.41) is 8.26. The van der Waals surface area contributed by atoms with Crippen LogP contribution in [0.25, 0.3) is 10.2 Å².